The van der Waals surface area contributed by atoms with Gasteiger partial charge in [0.1, 0.15) is 17.1 Å². The van der Waals surface area contributed by atoms with E-state index in [1.54, 1.807) is 36.4 Å². The quantitative estimate of drug-likeness (QED) is 0.773. The zero-order valence-electron chi connectivity index (χ0n) is 13.3. The normalized spacial score (nSPS) is 10.4. The van der Waals surface area contributed by atoms with E-state index in [1.165, 1.54) is 20.4 Å². The summed E-state index contributed by atoms with van der Waals surface area (Å²) in [5.74, 6) is 0.522. The number of aromatic amines is 1. The standard InChI is InChI=1S/C18H16N2O4/c1-23-11-7-8-16(24-2)15(9-11)20-18(22)13-10-19-14-6-4-3-5-12(14)17(13)21/h3-10H,1-2H3,(H,19,21)(H,20,22). The Hall–Kier alpha value is -3.28. The van der Waals surface area contributed by atoms with Gasteiger partial charge in [0.05, 0.1) is 19.9 Å². The number of carbonyl (C=O) groups is 1. The monoisotopic (exact) mass is 324 g/mol. The molecule has 0 aliphatic heterocycles. The number of amides is 1. The molecule has 122 valence electrons. The molecule has 0 bridgehead atoms. The van der Waals surface area contributed by atoms with E-state index in [0.717, 1.165) is 0 Å². The molecule has 0 fully saturated rings. The first-order chi connectivity index (χ1) is 11.6. The molecule has 0 spiro atoms. The number of para-hydroxylation sites is 1. The van der Waals surface area contributed by atoms with Crippen LogP contribution in [0.5, 0.6) is 11.5 Å². The fourth-order valence-electron chi connectivity index (χ4n) is 2.44. The molecule has 3 rings (SSSR count). The number of hydrogen-bond donors (Lipinski definition) is 2. The number of nitrogens with one attached hydrogen (secondary N) is 2. The van der Waals surface area contributed by atoms with Crippen LogP contribution >= 0.6 is 0 Å². The van der Waals surface area contributed by atoms with Gasteiger partial charge in [-0.05, 0) is 24.3 Å². The van der Waals surface area contributed by atoms with Crippen LogP contribution in [-0.4, -0.2) is 25.1 Å². The van der Waals surface area contributed by atoms with E-state index in [2.05, 4.69) is 10.3 Å². The third kappa shape index (κ3) is 2.81. The van der Waals surface area contributed by atoms with E-state index in [9.17, 15) is 9.59 Å². The average molecular weight is 324 g/mol. The van der Waals surface area contributed by atoms with Crippen molar-refractivity contribution >= 4 is 22.5 Å². The van der Waals surface area contributed by atoms with Crippen LogP contribution in [0.2, 0.25) is 0 Å². The van der Waals surface area contributed by atoms with Crippen molar-refractivity contribution in [2.45, 2.75) is 0 Å². The van der Waals surface area contributed by atoms with Gasteiger partial charge < -0.3 is 19.8 Å². The lowest BCUT2D eigenvalue weighted by atomic mass is 10.1. The van der Waals surface area contributed by atoms with Gasteiger partial charge in [-0.2, -0.15) is 0 Å². The largest absolute Gasteiger partial charge is 0.497 e. The van der Waals surface area contributed by atoms with Gasteiger partial charge in [0, 0.05) is 23.2 Å². The van der Waals surface area contributed by atoms with Gasteiger partial charge in [0.2, 0.25) is 5.43 Å². The van der Waals surface area contributed by atoms with E-state index in [0.29, 0.717) is 28.1 Å². The lowest BCUT2D eigenvalue weighted by Crippen LogP contribution is -2.22. The van der Waals surface area contributed by atoms with E-state index >= 15 is 0 Å². The summed E-state index contributed by atoms with van der Waals surface area (Å²) in [5.41, 5.74) is 0.801. The Morgan fingerprint density at radius 1 is 1.08 bits per heavy atom. The third-order valence-corrected chi connectivity index (χ3v) is 3.69. The van der Waals surface area contributed by atoms with Crippen molar-refractivity contribution in [2.75, 3.05) is 19.5 Å². The minimum absolute atomic E-state index is 0.0265. The summed E-state index contributed by atoms with van der Waals surface area (Å²) < 4.78 is 10.4. The van der Waals surface area contributed by atoms with E-state index < -0.39 is 5.91 Å². The molecule has 2 aromatic carbocycles. The Balaban J connectivity index is 1.99. The van der Waals surface area contributed by atoms with Crippen LogP contribution < -0.4 is 20.2 Å². The topological polar surface area (TPSA) is 80.4 Å². The number of rotatable bonds is 4. The van der Waals surface area contributed by atoms with Crippen LogP contribution in [0.15, 0.2) is 53.5 Å². The smallest absolute Gasteiger partial charge is 0.261 e. The third-order valence-electron chi connectivity index (χ3n) is 3.69. The van der Waals surface area contributed by atoms with Crippen molar-refractivity contribution < 1.29 is 14.3 Å². The maximum absolute atomic E-state index is 12.5. The summed E-state index contributed by atoms with van der Waals surface area (Å²) in [6.07, 6.45) is 1.41. The molecular weight excluding hydrogens is 308 g/mol. The predicted molar refractivity (Wildman–Crippen MR) is 92.1 cm³/mol. The maximum atomic E-state index is 12.5. The Kier molecular flexibility index (Phi) is 4.20. The van der Waals surface area contributed by atoms with Crippen molar-refractivity contribution in [1.82, 2.24) is 4.98 Å². The van der Waals surface area contributed by atoms with Crippen LogP contribution in [0, 0.1) is 0 Å². The van der Waals surface area contributed by atoms with Gasteiger partial charge in [-0.25, -0.2) is 0 Å². The Morgan fingerprint density at radius 2 is 1.88 bits per heavy atom. The number of pyridine rings is 1. The van der Waals surface area contributed by atoms with Crippen molar-refractivity contribution in [1.29, 1.82) is 0 Å². The number of methoxy groups -OCH3 is 2. The fourth-order valence-corrected chi connectivity index (χ4v) is 2.44. The van der Waals surface area contributed by atoms with Crippen molar-refractivity contribution in [3.63, 3.8) is 0 Å². The number of anilines is 1. The summed E-state index contributed by atoms with van der Waals surface area (Å²) in [6.45, 7) is 0. The summed E-state index contributed by atoms with van der Waals surface area (Å²) >= 11 is 0. The molecule has 0 unspecified atom stereocenters. The van der Waals surface area contributed by atoms with Gasteiger partial charge in [-0.1, -0.05) is 12.1 Å². The van der Waals surface area contributed by atoms with Crippen LogP contribution in [-0.2, 0) is 0 Å². The number of benzene rings is 2. The second-order valence-electron chi connectivity index (χ2n) is 5.10. The second kappa shape index (κ2) is 6.45. The van der Waals surface area contributed by atoms with Gasteiger partial charge >= 0.3 is 0 Å². The molecule has 0 radical (unpaired) electrons. The van der Waals surface area contributed by atoms with Crippen LogP contribution in [0.1, 0.15) is 10.4 Å². The summed E-state index contributed by atoms with van der Waals surface area (Å²) in [5, 5.41) is 3.15. The minimum Gasteiger partial charge on any atom is -0.497 e. The highest BCUT2D eigenvalue weighted by Gasteiger charge is 2.15. The highest BCUT2D eigenvalue weighted by molar-refractivity contribution is 6.06. The van der Waals surface area contributed by atoms with E-state index in [4.69, 9.17) is 9.47 Å². The summed E-state index contributed by atoms with van der Waals surface area (Å²) in [6, 6.07) is 12.1. The predicted octanol–water partition coefficient (Wildman–Crippen LogP) is 2.80. The second-order valence-corrected chi connectivity index (χ2v) is 5.10. The molecule has 24 heavy (non-hydrogen) atoms. The highest BCUT2D eigenvalue weighted by Crippen LogP contribution is 2.29. The van der Waals surface area contributed by atoms with Crippen LogP contribution in [0.25, 0.3) is 10.9 Å². The summed E-state index contributed by atoms with van der Waals surface area (Å²) in [7, 11) is 3.03. The van der Waals surface area contributed by atoms with Gasteiger partial charge in [0.15, 0.2) is 0 Å². The molecule has 0 saturated heterocycles. The van der Waals surface area contributed by atoms with Crippen LogP contribution in [0.3, 0.4) is 0 Å². The van der Waals surface area contributed by atoms with E-state index in [1.807, 2.05) is 6.07 Å². The molecule has 3 aromatic rings. The van der Waals surface area contributed by atoms with Crippen molar-refractivity contribution in [3.8, 4) is 11.5 Å². The summed E-state index contributed by atoms with van der Waals surface area (Å²) in [4.78, 5) is 28.0. The van der Waals surface area contributed by atoms with Crippen LogP contribution in [0.4, 0.5) is 5.69 Å². The number of H-pyrrole nitrogens is 1. The number of fused-ring (bicyclic) bond motifs is 1. The Morgan fingerprint density at radius 3 is 2.62 bits per heavy atom. The highest BCUT2D eigenvalue weighted by atomic mass is 16.5. The first-order valence-corrected chi connectivity index (χ1v) is 7.28. The molecule has 0 aliphatic rings. The van der Waals surface area contributed by atoms with Crippen molar-refractivity contribution in [2.24, 2.45) is 0 Å². The SMILES string of the molecule is COc1ccc(OC)c(NC(=O)c2c[nH]c3ccccc3c2=O)c1. The number of carbonyl (C=O) groups excluding carboxylic acids is 1. The average Bonchev–Trinajstić information content (AvgIpc) is 2.62. The Bertz CT molecular complexity index is 963. The maximum Gasteiger partial charge on any atom is 0.261 e. The molecule has 1 amide bonds. The molecule has 1 heterocycles. The fraction of sp³-hybridized carbons (Fsp3) is 0.111. The van der Waals surface area contributed by atoms with Gasteiger partial charge in [-0.3, -0.25) is 9.59 Å². The molecule has 1 aromatic heterocycles. The molecule has 0 atom stereocenters. The van der Waals surface area contributed by atoms with Gasteiger partial charge in [-0.15, -0.1) is 0 Å². The van der Waals surface area contributed by atoms with E-state index in [-0.39, 0.29) is 11.0 Å². The van der Waals surface area contributed by atoms with Crippen molar-refractivity contribution in [3.05, 3.63) is 64.4 Å². The number of hydrogen-bond acceptors (Lipinski definition) is 4. The molecule has 2 N–H and O–H groups in total. The minimum atomic E-state index is -0.520. The number of ether oxygens (including phenoxy) is 2. The lowest BCUT2D eigenvalue weighted by molar-refractivity contribution is 0.102. The zero-order chi connectivity index (χ0) is 17.1. The molecule has 6 nitrogen and oxygen atoms in total. The molecule has 0 saturated carbocycles. The first-order valence-electron chi connectivity index (χ1n) is 7.28. The number of aromatic nitrogens is 1. The van der Waals surface area contributed by atoms with Gasteiger partial charge in [0.25, 0.3) is 5.91 Å². The first kappa shape index (κ1) is 15.6. The lowest BCUT2D eigenvalue weighted by Gasteiger charge is -2.11. The Labute approximate surface area is 138 Å². The molecular formula is C18H16N2O4. The molecule has 0 aliphatic carbocycles. The zero-order valence-corrected chi connectivity index (χ0v) is 13.3. The molecule has 6 heteroatoms.